The second-order valence-corrected chi connectivity index (χ2v) is 9.13. The number of likely N-dealkylation sites (tertiary alicyclic amines) is 1. The van der Waals surface area contributed by atoms with Gasteiger partial charge in [0.2, 0.25) is 5.95 Å². The van der Waals surface area contributed by atoms with E-state index in [0.29, 0.717) is 11.7 Å². The lowest BCUT2D eigenvalue weighted by Gasteiger charge is -2.32. The Morgan fingerprint density at radius 2 is 1.39 bits per heavy atom. The van der Waals surface area contributed by atoms with Crippen LogP contribution in [-0.4, -0.2) is 41.0 Å². The van der Waals surface area contributed by atoms with Gasteiger partial charge in [0.1, 0.15) is 5.82 Å². The lowest BCUT2D eigenvalue weighted by atomic mass is 9.90. The molecule has 2 aliphatic rings. The Bertz CT molecular complexity index is 931. The largest absolute Gasteiger partial charge is 0.384 e. The minimum absolute atomic E-state index is 0.537. The number of piperidine rings is 1. The summed E-state index contributed by atoms with van der Waals surface area (Å²) in [5.41, 5.74) is 8.60. The number of nitrogens with two attached hydrogens (primary N) is 1. The number of aromatic nitrogens is 2. The van der Waals surface area contributed by atoms with Crippen LogP contribution in [0.5, 0.6) is 0 Å². The highest BCUT2D eigenvalue weighted by Gasteiger charge is 2.22. The van der Waals surface area contributed by atoms with Gasteiger partial charge < -0.3 is 10.6 Å². The highest BCUT2D eigenvalue weighted by molar-refractivity contribution is 5.38. The van der Waals surface area contributed by atoms with E-state index in [0.717, 1.165) is 38.4 Å². The van der Waals surface area contributed by atoms with Gasteiger partial charge in [0.15, 0.2) is 0 Å². The quantitative estimate of drug-likeness (QED) is 0.576. The lowest BCUT2D eigenvalue weighted by molar-refractivity contribution is 0.277. The zero-order chi connectivity index (χ0) is 22.7. The first-order valence-corrected chi connectivity index (χ1v) is 12.4. The Morgan fingerprint density at radius 3 is 2.03 bits per heavy atom. The molecule has 1 aromatic heterocycles. The van der Waals surface area contributed by atoms with Crippen LogP contribution in [0.3, 0.4) is 0 Å². The number of nitrogen functional groups attached to an aromatic ring is 1. The van der Waals surface area contributed by atoms with E-state index in [1.807, 2.05) is 0 Å². The Morgan fingerprint density at radius 1 is 0.758 bits per heavy atom. The number of rotatable bonds is 4. The average molecular weight is 444 g/mol. The van der Waals surface area contributed by atoms with Crippen molar-refractivity contribution in [3.63, 3.8) is 0 Å². The molecule has 0 aliphatic carbocycles. The fraction of sp³-hybridized carbons (Fsp3) is 0.429. The predicted octanol–water partition coefficient (Wildman–Crippen LogP) is 5.51. The van der Waals surface area contributed by atoms with Crippen LogP contribution in [0.1, 0.15) is 55.6 Å². The van der Waals surface area contributed by atoms with Gasteiger partial charge in [-0.05, 0) is 61.9 Å². The molecule has 2 aliphatic heterocycles. The molecule has 5 rings (SSSR count). The van der Waals surface area contributed by atoms with Crippen LogP contribution in [0.2, 0.25) is 0 Å². The Hall–Kier alpha value is -2.92. The molecule has 5 heteroatoms. The molecule has 0 radical (unpaired) electrons. The molecule has 0 amide bonds. The maximum Gasteiger partial charge on any atom is 0.227 e. The summed E-state index contributed by atoms with van der Waals surface area (Å²) in [5.74, 6) is 1.94. The summed E-state index contributed by atoms with van der Waals surface area (Å²) >= 11 is 0. The van der Waals surface area contributed by atoms with E-state index >= 15 is 0 Å². The smallest absolute Gasteiger partial charge is 0.227 e. The minimum Gasteiger partial charge on any atom is -0.384 e. The second-order valence-electron chi connectivity index (χ2n) is 9.13. The van der Waals surface area contributed by atoms with Crippen molar-refractivity contribution in [1.82, 2.24) is 14.9 Å². The van der Waals surface area contributed by atoms with Crippen LogP contribution in [0.25, 0.3) is 0 Å². The standard InChI is InChI=1S/C15H18N4.C13H19N/c16-14-6-9-17-15(18-14)19-10-7-13(8-11-19)12-4-2-1-3-5-12;1-2-7-11-14(10-6-1)12-13-8-4-3-5-9-13/h1-6,9,13H,7-8,10-11H2,(H2,16,17,18);3-5,8-9H,1-2,6-7,10-12H2. The molecule has 5 nitrogen and oxygen atoms in total. The molecular weight excluding hydrogens is 406 g/mol. The molecule has 3 heterocycles. The van der Waals surface area contributed by atoms with Crippen LogP contribution in [0.15, 0.2) is 72.9 Å². The summed E-state index contributed by atoms with van der Waals surface area (Å²) in [6, 6.07) is 23.3. The molecule has 3 aromatic rings. The van der Waals surface area contributed by atoms with Crippen molar-refractivity contribution in [2.75, 3.05) is 36.8 Å². The summed E-state index contributed by atoms with van der Waals surface area (Å²) in [6.45, 7) is 5.69. The molecule has 174 valence electrons. The third-order valence-corrected chi connectivity index (χ3v) is 6.66. The third kappa shape index (κ3) is 7.29. The van der Waals surface area contributed by atoms with Gasteiger partial charge >= 0.3 is 0 Å². The summed E-state index contributed by atoms with van der Waals surface area (Å²) in [7, 11) is 0. The van der Waals surface area contributed by atoms with Crippen LogP contribution in [0.4, 0.5) is 11.8 Å². The zero-order valence-corrected chi connectivity index (χ0v) is 19.6. The fourth-order valence-corrected chi connectivity index (χ4v) is 4.79. The van der Waals surface area contributed by atoms with Crippen molar-refractivity contribution in [3.05, 3.63) is 84.1 Å². The first kappa shape index (κ1) is 23.2. The lowest BCUT2D eigenvalue weighted by Crippen LogP contribution is -2.34. The van der Waals surface area contributed by atoms with Gasteiger partial charge in [-0.15, -0.1) is 0 Å². The van der Waals surface area contributed by atoms with E-state index in [9.17, 15) is 0 Å². The van der Waals surface area contributed by atoms with Crippen molar-refractivity contribution in [2.24, 2.45) is 0 Å². The van der Waals surface area contributed by atoms with E-state index in [4.69, 9.17) is 5.73 Å². The topological polar surface area (TPSA) is 58.3 Å². The molecule has 2 N–H and O–H groups in total. The molecule has 2 saturated heterocycles. The van der Waals surface area contributed by atoms with Crippen LogP contribution >= 0.6 is 0 Å². The van der Waals surface area contributed by atoms with E-state index in [2.05, 4.69) is 80.4 Å². The first-order chi connectivity index (χ1) is 16.3. The normalized spacial score (nSPS) is 17.6. The SMILES string of the molecule is Nc1ccnc(N2CCC(c3ccccc3)CC2)n1.c1ccc(CN2CCCCCC2)cc1. The number of hydrogen-bond acceptors (Lipinski definition) is 5. The maximum absolute atomic E-state index is 5.71. The zero-order valence-electron chi connectivity index (χ0n) is 19.6. The molecule has 0 spiro atoms. The molecule has 0 unspecified atom stereocenters. The number of anilines is 2. The fourth-order valence-electron chi connectivity index (χ4n) is 4.79. The molecule has 0 atom stereocenters. The minimum atomic E-state index is 0.537. The van der Waals surface area contributed by atoms with Gasteiger partial charge in [-0.2, -0.15) is 4.98 Å². The monoisotopic (exact) mass is 443 g/mol. The molecule has 2 aromatic carbocycles. The third-order valence-electron chi connectivity index (χ3n) is 6.66. The summed E-state index contributed by atoms with van der Waals surface area (Å²) < 4.78 is 0. The van der Waals surface area contributed by atoms with Gasteiger partial charge in [-0.3, -0.25) is 4.90 Å². The van der Waals surface area contributed by atoms with Gasteiger partial charge in [0.25, 0.3) is 0 Å². The van der Waals surface area contributed by atoms with Gasteiger partial charge in [-0.25, -0.2) is 4.98 Å². The van der Waals surface area contributed by atoms with Crippen molar-refractivity contribution < 1.29 is 0 Å². The molecule has 0 bridgehead atoms. The van der Waals surface area contributed by atoms with Crippen molar-refractivity contribution in [3.8, 4) is 0 Å². The van der Waals surface area contributed by atoms with Crippen molar-refractivity contribution >= 4 is 11.8 Å². The van der Waals surface area contributed by atoms with Gasteiger partial charge in [-0.1, -0.05) is 73.5 Å². The maximum atomic E-state index is 5.71. The number of hydrogen-bond donors (Lipinski definition) is 1. The first-order valence-electron chi connectivity index (χ1n) is 12.4. The Balaban J connectivity index is 0.000000165. The number of nitrogens with zero attached hydrogens (tertiary/aromatic N) is 4. The van der Waals surface area contributed by atoms with Crippen LogP contribution in [-0.2, 0) is 6.54 Å². The van der Waals surface area contributed by atoms with E-state index < -0.39 is 0 Å². The Kier molecular flexibility index (Phi) is 8.70. The summed E-state index contributed by atoms with van der Waals surface area (Å²) in [4.78, 5) is 13.4. The highest BCUT2D eigenvalue weighted by atomic mass is 15.3. The number of benzene rings is 2. The van der Waals surface area contributed by atoms with Crippen LogP contribution in [0, 0.1) is 0 Å². The van der Waals surface area contributed by atoms with Gasteiger partial charge in [0, 0.05) is 25.8 Å². The summed E-state index contributed by atoms with van der Waals surface area (Å²) in [5, 5.41) is 0. The predicted molar refractivity (Wildman–Crippen MR) is 137 cm³/mol. The molecule has 2 fully saturated rings. The van der Waals surface area contributed by atoms with Crippen molar-refractivity contribution in [2.45, 2.75) is 51.0 Å². The Labute approximate surface area is 198 Å². The molecule has 33 heavy (non-hydrogen) atoms. The van der Waals surface area contributed by atoms with Gasteiger partial charge in [0.05, 0.1) is 0 Å². The highest BCUT2D eigenvalue weighted by Crippen LogP contribution is 2.29. The van der Waals surface area contributed by atoms with Crippen molar-refractivity contribution in [1.29, 1.82) is 0 Å². The van der Waals surface area contributed by atoms with Crippen LogP contribution < -0.4 is 10.6 Å². The molecular formula is C28H37N5. The van der Waals surface area contributed by atoms with E-state index in [1.54, 1.807) is 12.3 Å². The average Bonchev–Trinajstić information content (AvgIpc) is 3.14. The van der Waals surface area contributed by atoms with E-state index in [1.165, 1.54) is 49.9 Å². The van der Waals surface area contributed by atoms with E-state index in [-0.39, 0.29) is 0 Å². The molecule has 0 saturated carbocycles. The second kappa shape index (κ2) is 12.4. The summed E-state index contributed by atoms with van der Waals surface area (Å²) in [6.07, 6.45) is 9.61.